The number of piperidine rings is 1. The summed E-state index contributed by atoms with van der Waals surface area (Å²) in [7, 11) is 0. The summed E-state index contributed by atoms with van der Waals surface area (Å²) in [5, 5.41) is 14.8. The summed E-state index contributed by atoms with van der Waals surface area (Å²) in [6.45, 7) is 6.07. The lowest BCUT2D eigenvalue weighted by molar-refractivity contribution is 0.0912. The summed E-state index contributed by atoms with van der Waals surface area (Å²) in [6, 6.07) is 14.8. The van der Waals surface area contributed by atoms with Gasteiger partial charge < -0.3 is 24.7 Å². The van der Waals surface area contributed by atoms with E-state index in [1.54, 1.807) is 17.0 Å². The highest BCUT2D eigenvalue weighted by molar-refractivity contribution is 5.95. The zero-order valence-corrected chi connectivity index (χ0v) is 20.8. The van der Waals surface area contributed by atoms with Crippen LogP contribution in [0, 0.1) is 6.92 Å². The van der Waals surface area contributed by atoms with Crippen LogP contribution in [0.3, 0.4) is 0 Å². The Hall–Kier alpha value is -3.88. The van der Waals surface area contributed by atoms with Gasteiger partial charge in [0.25, 0.3) is 5.91 Å². The minimum atomic E-state index is -0.223. The van der Waals surface area contributed by atoms with Crippen LogP contribution in [-0.4, -0.2) is 46.8 Å². The van der Waals surface area contributed by atoms with Crippen molar-refractivity contribution in [3.05, 3.63) is 71.3 Å². The third-order valence-corrected chi connectivity index (χ3v) is 6.20. The summed E-state index contributed by atoms with van der Waals surface area (Å²) in [6.07, 6.45) is 3.34. The maximum absolute atomic E-state index is 12.5. The normalized spacial score (nSPS) is 13.9. The van der Waals surface area contributed by atoms with Gasteiger partial charge in [0.2, 0.25) is 0 Å². The molecule has 3 aromatic rings. The number of nitrogens with one attached hydrogen (secondary N) is 2. The van der Waals surface area contributed by atoms with Crippen LogP contribution in [0.2, 0.25) is 0 Å². The number of aromatic nitrogens is 2. The standard InChI is InChI=1S/C27H33N5O4/c1-3-4-16-35-27(34)32-14-12-20(13-15-32)24-10-11-25(31-30-24)29-22-7-5-6-21(17-22)26(33)28-18-23-9-8-19(2)36-23/h5-11,17,20H,3-4,12-16,18H2,1-2H3,(H,28,33)(H,29,31). The van der Waals surface area contributed by atoms with E-state index in [2.05, 4.69) is 27.8 Å². The predicted molar refractivity (Wildman–Crippen MR) is 136 cm³/mol. The highest BCUT2D eigenvalue weighted by atomic mass is 16.6. The quantitative estimate of drug-likeness (QED) is 0.398. The van der Waals surface area contributed by atoms with E-state index in [4.69, 9.17) is 9.15 Å². The second kappa shape index (κ2) is 12.2. The Balaban J connectivity index is 1.27. The molecular weight excluding hydrogens is 458 g/mol. The SMILES string of the molecule is CCCCOC(=O)N1CCC(c2ccc(Nc3cccc(C(=O)NCc4ccc(C)o4)c3)nn2)CC1. The fourth-order valence-electron chi connectivity index (χ4n) is 4.12. The van der Waals surface area contributed by atoms with Crippen molar-refractivity contribution in [2.75, 3.05) is 25.0 Å². The topological polar surface area (TPSA) is 110 Å². The van der Waals surface area contributed by atoms with Gasteiger partial charge in [0.15, 0.2) is 5.82 Å². The number of benzene rings is 1. The van der Waals surface area contributed by atoms with Gasteiger partial charge in [-0.2, -0.15) is 5.10 Å². The minimum absolute atomic E-state index is 0.185. The van der Waals surface area contributed by atoms with Crippen LogP contribution in [0.4, 0.5) is 16.3 Å². The second-order valence-electron chi connectivity index (χ2n) is 8.97. The van der Waals surface area contributed by atoms with E-state index in [0.29, 0.717) is 43.4 Å². The van der Waals surface area contributed by atoms with Crippen LogP contribution in [0.1, 0.15) is 66.1 Å². The maximum atomic E-state index is 12.5. The number of likely N-dealkylation sites (tertiary alicyclic amines) is 1. The van der Waals surface area contributed by atoms with Crippen molar-refractivity contribution < 1.29 is 18.7 Å². The van der Waals surface area contributed by atoms with Gasteiger partial charge in [0.05, 0.1) is 18.8 Å². The Morgan fingerprint density at radius 3 is 2.64 bits per heavy atom. The molecule has 9 nitrogen and oxygen atoms in total. The molecule has 1 aromatic carbocycles. The number of rotatable bonds is 9. The second-order valence-corrected chi connectivity index (χ2v) is 8.97. The van der Waals surface area contributed by atoms with Gasteiger partial charge in [-0.1, -0.05) is 19.4 Å². The Bertz CT molecular complexity index is 1150. The van der Waals surface area contributed by atoms with Crippen LogP contribution in [0.25, 0.3) is 0 Å². The van der Waals surface area contributed by atoms with Crippen molar-refractivity contribution in [1.29, 1.82) is 0 Å². The van der Waals surface area contributed by atoms with Crippen molar-refractivity contribution in [3.8, 4) is 0 Å². The smallest absolute Gasteiger partial charge is 0.409 e. The number of ether oxygens (including phenoxy) is 1. The molecule has 2 amide bonds. The lowest BCUT2D eigenvalue weighted by atomic mass is 9.93. The van der Waals surface area contributed by atoms with Crippen molar-refractivity contribution in [2.24, 2.45) is 0 Å². The monoisotopic (exact) mass is 491 g/mol. The van der Waals surface area contributed by atoms with Crippen LogP contribution in [-0.2, 0) is 11.3 Å². The zero-order valence-electron chi connectivity index (χ0n) is 20.8. The third-order valence-electron chi connectivity index (χ3n) is 6.20. The molecule has 1 fully saturated rings. The van der Waals surface area contributed by atoms with Gasteiger partial charge >= 0.3 is 6.09 Å². The molecule has 1 saturated heterocycles. The molecule has 1 aliphatic rings. The number of carbonyl (C=O) groups excluding carboxylic acids is 2. The van der Waals surface area contributed by atoms with E-state index in [-0.39, 0.29) is 17.9 Å². The van der Waals surface area contributed by atoms with Crippen molar-refractivity contribution in [1.82, 2.24) is 20.4 Å². The lowest BCUT2D eigenvalue weighted by Crippen LogP contribution is -2.38. The number of nitrogens with zero attached hydrogens (tertiary/aromatic N) is 3. The first-order valence-corrected chi connectivity index (χ1v) is 12.5. The van der Waals surface area contributed by atoms with Crippen LogP contribution < -0.4 is 10.6 Å². The Labute approximate surface area is 211 Å². The van der Waals surface area contributed by atoms with E-state index < -0.39 is 0 Å². The maximum Gasteiger partial charge on any atom is 0.409 e. The van der Waals surface area contributed by atoms with Crippen LogP contribution in [0.5, 0.6) is 0 Å². The molecule has 2 N–H and O–H groups in total. The number of hydrogen-bond donors (Lipinski definition) is 2. The fraction of sp³-hybridized carbons (Fsp3) is 0.407. The number of anilines is 2. The molecule has 0 saturated carbocycles. The molecule has 36 heavy (non-hydrogen) atoms. The van der Waals surface area contributed by atoms with Gasteiger partial charge in [-0.25, -0.2) is 4.79 Å². The highest BCUT2D eigenvalue weighted by Gasteiger charge is 2.25. The first-order valence-electron chi connectivity index (χ1n) is 12.5. The van der Waals surface area contributed by atoms with E-state index in [9.17, 15) is 9.59 Å². The predicted octanol–water partition coefficient (Wildman–Crippen LogP) is 5.17. The number of amides is 2. The first kappa shape index (κ1) is 25.2. The largest absolute Gasteiger partial charge is 0.465 e. The number of carbonyl (C=O) groups is 2. The third kappa shape index (κ3) is 6.84. The van der Waals surface area contributed by atoms with Crippen molar-refractivity contribution in [2.45, 2.75) is 52.0 Å². The molecule has 0 spiro atoms. The summed E-state index contributed by atoms with van der Waals surface area (Å²) in [4.78, 5) is 26.5. The Morgan fingerprint density at radius 2 is 1.94 bits per heavy atom. The fourth-order valence-corrected chi connectivity index (χ4v) is 4.12. The molecule has 0 radical (unpaired) electrons. The van der Waals surface area contributed by atoms with E-state index in [1.165, 1.54) is 0 Å². The molecule has 0 aliphatic carbocycles. The summed E-state index contributed by atoms with van der Waals surface area (Å²) in [5.74, 6) is 2.19. The molecular formula is C27H33N5O4. The minimum Gasteiger partial charge on any atom is -0.465 e. The number of aryl methyl sites for hydroxylation is 1. The van der Waals surface area contributed by atoms with Crippen LogP contribution >= 0.6 is 0 Å². The molecule has 1 aliphatic heterocycles. The first-order chi connectivity index (χ1) is 17.5. The summed E-state index contributed by atoms with van der Waals surface area (Å²) < 4.78 is 10.8. The zero-order chi connectivity index (χ0) is 25.3. The number of hydrogen-bond acceptors (Lipinski definition) is 7. The lowest BCUT2D eigenvalue weighted by Gasteiger charge is -2.30. The van der Waals surface area contributed by atoms with E-state index in [1.807, 2.05) is 43.3 Å². The average molecular weight is 492 g/mol. The molecule has 0 atom stereocenters. The molecule has 0 bridgehead atoms. The van der Waals surface area contributed by atoms with Gasteiger partial charge in [-0.3, -0.25) is 4.79 Å². The average Bonchev–Trinajstić information content (AvgIpc) is 3.33. The molecule has 2 aromatic heterocycles. The van der Waals surface area contributed by atoms with Gasteiger partial charge in [0.1, 0.15) is 11.5 Å². The number of furan rings is 1. The number of unbranched alkanes of at least 4 members (excludes halogenated alkanes) is 1. The Kier molecular flexibility index (Phi) is 8.54. The van der Waals surface area contributed by atoms with Gasteiger partial charge in [-0.05, 0) is 68.7 Å². The highest BCUT2D eigenvalue weighted by Crippen LogP contribution is 2.27. The summed E-state index contributed by atoms with van der Waals surface area (Å²) >= 11 is 0. The molecule has 0 unspecified atom stereocenters. The van der Waals surface area contributed by atoms with E-state index in [0.717, 1.165) is 42.8 Å². The van der Waals surface area contributed by atoms with E-state index >= 15 is 0 Å². The van der Waals surface area contributed by atoms with Gasteiger partial charge in [-0.15, -0.1) is 5.10 Å². The summed E-state index contributed by atoms with van der Waals surface area (Å²) in [5.41, 5.74) is 2.20. The molecule has 3 heterocycles. The molecule has 9 heteroatoms. The molecule has 4 rings (SSSR count). The van der Waals surface area contributed by atoms with Crippen LogP contribution in [0.15, 0.2) is 52.9 Å². The Morgan fingerprint density at radius 1 is 1.11 bits per heavy atom. The molecule has 190 valence electrons. The van der Waals surface area contributed by atoms with Gasteiger partial charge in [0, 0.05) is 30.3 Å². The van der Waals surface area contributed by atoms with Crippen molar-refractivity contribution in [3.63, 3.8) is 0 Å². The van der Waals surface area contributed by atoms with Crippen molar-refractivity contribution >= 4 is 23.5 Å².